The van der Waals surface area contributed by atoms with Crippen LogP contribution in [0.2, 0.25) is 0 Å². The number of benzene rings is 1. The average Bonchev–Trinajstić information content (AvgIpc) is 3.51. The Morgan fingerprint density at radius 2 is 1.89 bits per heavy atom. The molecule has 6 rings (SSSR count). The Morgan fingerprint density at radius 1 is 1.08 bits per heavy atom. The van der Waals surface area contributed by atoms with E-state index in [1.165, 1.54) is 17.2 Å². The Labute approximate surface area is 216 Å². The molecule has 0 aliphatic carbocycles. The summed E-state index contributed by atoms with van der Waals surface area (Å²) in [6, 6.07) is 7.90. The fourth-order valence-corrected chi connectivity index (χ4v) is 5.54. The number of ether oxygens (including phenoxy) is 1. The number of halogens is 2. The maximum absolute atomic E-state index is 13.2. The maximum atomic E-state index is 13.2. The van der Waals surface area contributed by atoms with Gasteiger partial charge in [-0.25, -0.2) is 4.98 Å². The molecule has 1 N–H and O–H groups in total. The van der Waals surface area contributed by atoms with Gasteiger partial charge in [-0.1, -0.05) is 6.07 Å². The summed E-state index contributed by atoms with van der Waals surface area (Å²) < 4.78 is 31.1. The summed E-state index contributed by atoms with van der Waals surface area (Å²) in [6.45, 7) is -0.280. The summed E-state index contributed by atoms with van der Waals surface area (Å²) in [6.07, 6.45) is 4.11. The lowest BCUT2D eigenvalue weighted by Crippen LogP contribution is -2.52. The number of carbonyl (C=O) groups is 3. The smallest absolute Gasteiger partial charge is 0.387 e. The van der Waals surface area contributed by atoms with Crippen LogP contribution < -0.4 is 10.1 Å². The van der Waals surface area contributed by atoms with Gasteiger partial charge in [-0.3, -0.25) is 29.6 Å². The predicted molar refractivity (Wildman–Crippen MR) is 132 cm³/mol. The van der Waals surface area contributed by atoms with Gasteiger partial charge >= 0.3 is 6.61 Å². The highest BCUT2D eigenvalue weighted by atomic mass is 19.3. The zero-order chi connectivity index (χ0) is 26.4. The quantitative estimate of drug-likeness (QED) is 0.497. The van der Waals surface area contributed by atoms with Crippen LogP contribution in [0.25, 0.3) is 22.3 Å². The molecule has 11 heteroatoms. The highest BCUT2D eigenvalue weighted by Crippen LogP contribution is 2.34. The van der Waals surface area contributed by atoms with Crippen molar-refractivity contribution in [2.24, 2.45) is 0 Å². The first-order valence-corrected chi connectivity index (χ1v) is 12.6. The van der Waals surface area contributed by atoms with E-state index in [2.05, 4.69) is 20.2 Å². The van der Waals surface area contributed by atoms with Crippen LogP contribution >= 0.6 is 0 Å². The summed E-state index contributed by atoms with van der Waals surface area (Å²) in [5, 5.41) is 2.31. The molecule has 0 bridgehead atoms. The monoisotopic (exact) mass is 521 g/mol. The SMILES string of the molecule is O=C1CCC(N2Cc3cc(-c4cc(CN5CCCC5)c5nccc(OC(F)F)c5n4)ccc3C2=O)C(=O)N1. The molecule has 38 heavy (non-hydrogen) atoms. The number of hydrogen-bond acceptors (Lipinski definition) is 7. The number of hydrogen-bond donors (Lipinski definition) is 1. The fourth-order valence-electron chi connectivity index (χ4n) is 5.54. The molecule has 9 nitrogen and oxygen atoms in total. The molecule has 0 spiro atoms. The van der Waals surface area contributed by atoms with E-state index in [4.69, 9.17) is 4.74 Å². The zero-order valence-electron chi connectivity index (χ0n) is 20.5. The van der Waals surface area contributed by atoms with Crippen molar-refractivity contribution in [2.45, 2.75) is 51.4 Å². The molecule has 0 radical (unpaired) electrons. The summed E-state index contributed by atoms with van der Waals surface area (Å²) in [5.74, 6) is -1.12. The van der Waals surface area contributed by atoms with Crippen molar-refractivity contribution in [1.82, 2.24) is 25.1 Å². The van der Waals surface area contributed by atoms with Crippen molar-refractivity contribution in [3.8, 4) is 17.0 Å². The van der Waals surface area contributed by atoms with E-state index in [9.17, 15) is 23.2 Å². The van der Waals surface area contributed by atoms with Crippen LogP contribution in [-0.2, 0) is 22.7 Å². The topological polar surface area (TPSA) is 105 Å². The summed E-state index contributed by atoms with van der Waals surface area (Å²) in [4.78, 5) is 49.9. The third kappa shape index (κ3) is 4.47. The second kappa shape index (κ2) is 9.71. The minimum atomic E-state index is -3.00. The third-order valence-corrected chi connectivity index (χ3v) is 7.36. The van der Waals surface area contributed by atoms with Gasteiger partial charge < -0.3 is 9.64 Å². The van der Waals surface area contributed by atoms with Crippen LogP contribution in [0.15, 0.2) is 36.5 Å². The zero-order valence-corrected chi connectivity index (χ0v) is 20.5. The highest BCUT2D eigenvalue weighted by molar-refractivity contribution is 6.05. The Morgan fingerprint density at radius 3 is 2.66 bits per heavy atom. The van der Waals surface area contributed by atoms with Crippen LogP contribution in [0, 0.1) is 0 Å². The van der Waals surface area contributed by atoms with E-state index < -0.39 is 18.6 Å². The second-order valence-corrected chi connectivity index (χ2v) is 9.81. The molecule has 1 aromatic carbocycles. The molecule has 196 valence electrons. The molecule has 1 unspecified atom stereocenters. The first kappa shape index (κ1) is 24.4. The van der Waals surface area contributed by atoms with Crippen molar-refractivity contribution in [3.63, 3.8) is 0 Å². The van der Waals surface area contributed by atoms with Gasteiger partial charge in [-0.2, -0.15) is 8.78 Å². The molecular weight excluding hydrogens is 496 g/mol. The lowest BCUT2D eigenvalue weighted by Gasteiger charge is -2.29. The minimum Gasteiger partial charge on any atom is -0.432 e. The van der Waals surface area contributed by atoms with Crippen LogP contribution in [0.3, 0.4) is 0 Å². The normalized spacial score (nSPS) is 19.9. The molecule has 3 aliphatic heterocycles. The number of alkyl halides is 2. The average molecular weight is 522 g/mol. The summed E-state index contributed by atoms with van der Waals surface area (Å²) >= 11 is 0. The van der Waals surface area contributed by atoms with E-state index >= 15 is 0 Å². The van der Waals surface area contributed by atoms with Gasteiger partial charge in [0.2, 0.25) is 11.8 Å². The number of aromatic nitrogens is 2. The Hall–Kier alpha value is -3.99. The van der Waals surface area contributed by atoms with E-state index in [1.54, 1.807) is 12.1 Å². The molecule has 3 aliphatic rings. The summed E-state index contributed by atoms with van der Waals surface area (Å²) in [5.41, 5.74) is 4.09. The molecule has 1 atom stereocenters. The number of likely N-dealkylation sites (tertiary alicyclic amines) is 1. The largest absolute Gasteiger partial charge is 0.432 e. The Bertz CT molecular complexity index is 1460. The molecule has 3 amide bonds. The maximum Gasteiger partial charge on any atom is 0.387 e. The van der Waals surface area contributed by atoms with E-state index in [0.29, 0.717) is 28.9 Å². The molecule has 2 aromatic heterocycles. The molecule has 5 heterocycles. The van der Waals surface area contributed by atoms with Crippen LogP contribution in [0.1, 0.15) is 47.2 Å². The number of amides is 3. The molecule has 0 saturated carbocycles. The molecule has 2 fully saturated rings. The number of rotatable bonds is 6. The number of fused-ring (bicyclic) bond motifs is 2. The van der Waals surface area contributed by atoms with E-state index in [0.717, 1.165) is 37.1 Å². The van der Waals surface area contributed by atoms with Crippen molar-refractivity contribution in [1.29, 1.82) is 0 Å². The third-order valence-electron chi connectivity index (χ3n) is 7.36. The van der Waals surface area contributed by atoms with Crippen molar-refractivity contribution >= 4 is 28.8 Å². The fraction of sp³-hybridized carbons (Fsp3) is 0.370. The van der Waals surface area contributed by atoms with Gasteiger partial charge in [-0.15, -0.1) is 0 Å². The van der Waals surface area contributed by atoms with Gasteiger partial charge in [0.15, 0.2) is 5.75 Å². The van der Waals surface area contributed by atoms with Gasteiger partial charge in [0.1, 0.15) is 11.6 Å². The first-order valence-electron chi connectivity index (χ1n) is 12.6. The van der Waals surface area contributed by atoms with Crippen molar-refractivity contribution in [3.05, 3.63) is 53.2 Å². The number of piperidine rings is 1. The van der Waals surface area contributed by atoms with Crippen LogP contribution in [0.4, 0.5) is 8.78 Å². The number of carbonyl (C=O) groups excluding carboxylic acids is 3. The number of pyridine rings is 2. The van der Waals surface area contributed by atoms with Gasteiger partial charge in [0, 0.05) is 42.9 Å². The first-order chi connectivity index (χ1) is 18.4. The number of nitrogens with one attached hydrogen (secondary N) is 1. The number of imide groups is 1. The van der Waals surface area contributed by atoms with Gasteiger partial charge in [0.05, 0.1) is 11.2 Å². The second-order valence-electron chi connectivity index (χ2n) is 9.81. The Balaban J connectivity index is 1.38. The van der Waals surface area contributed by atoms with Gasteiger partial charge in [-0.05, 0) is 61.7 Å². The summed E-state index contributed by atoms with van der Waals surface area (Å²) in [7, 11) is 0. The van der Waals surface area contributed by atoms with Crippen LogP contribution in [-0.4, -0.2) is 63.2 Å². The Kier molecular flexibility index (Phi) is 6.22. The molecule has 3 aromatic rings. The lowest BCUT2D eigenvalue weighted by atomic mass is 10.0. The van der Waals surface area contributed by atoms with Crippen molar-refractivity contribution < 1.29 is 27.9 Å². The molecule has 2 saturated heterocycles. The molecular formula is C27H25F2N5O4. The van der Waals surface area contributed by atoms with Crippen LogP contribution in [0.5, 0.6) is 5.75 Å². The highest BCUT2D eigenvalue weighted by Gasteiger charge is 2.39. The van der Waals surface area contributed by atoms with Gasteiger partial charge in [0.25, 0.3) is 5.91 Å². The predicted octanol–water partition coefficient (Wildman–Crippen LogP) is 3.26. The van der Waals surface area contributed by atoms with E-state index in [1.807, 2.05) is 12.1 Å². The van der Waals surface area contributed by atoms with E-state index in [-0.39, 0.29) is 42.5 Å². The lowest BCUT2D eigenvalue weighted by molar-refractivity contribution is -0.136. The van der Waals surface area contributed by atoms with Crippen molar-refractivity contribution in [2.75, 3.05) is 13.1 Å². The standard InChI is InChI=1S/C27H25F2N5O4/c28-27(29)38-21-7-8-30-23-17(13-33-9-1-2-10-33)12-19(31-24(21)23)15-3-4-18-16(11-15)14-34(26(18)37)20-5-6-22(35)32-25(20)36/h3-4,7-8,11-12,20,27H,1-2,5-6,9-10,13-14H2,(H,32,35,36). The number of nitrogens with zero attached hydrogens (tertiary/aromatic N) is 4. The minimum absolute atomic E-state index is 0.0464.